The molecule has 0 bridgehead atoms. The molecule has 1 aromatic carbocycles. The second-order valence-corrected chi connectivity index (χ2v) is 7.72. The van der Waals surface area contributed by atoms with E-state index in [1.54, 1.807) is 0 Å². The maximum Gasteiger partial charge on any atom is 0.237 e. The summed E-state index contributed by atoms with van der Waals surface area (Å²) in [4.78, 5) is 25.8. The number of aromatic nitrogens is 1. The highest BCUT2D eigenvalue weighted by Crippen LogP contribution is 2.21. The average molecular weight is 400 g/mol. The molecule has 1 fully saturated rings. The van der Waals surface area contributed by atoms with E-state index in [0.717, 1.165) is 11.3 Å². The van der Waals surface area contributed by atoms with Gasteiger partial charge in [0.1, 0.15) is 5.69 Å². The van der Waals surface area contributed by atoms with Gasteiger partial charge in [0.2, 0.25) is 11.8 Å². The summed E-state index contributed by atoms with van der Waals surface area (Å²) in [7, 11) is 0. The minimum absolute atomic E-state index is 0.112. The van der Waals surface area contributed by atoms with Crippen molar-refractivity contribution in [3.05, 3.63) is 41.7 Å². The fourth-order valence-corrected chi connectivity index (χ4v) is 3.65. The van der Waals surface area contributed by atoms with Gasteiger partial charge in [0.05, 0.1) is 18.7 Å². The zero-order valence-corrected chi connectivity index (χ0v) is 17.0. The molecule has 1 aliphatic heterocycles. The molecule has 2 heterocycles. The van der Waals surface area contributed by atoms with E-state index < -0.39 is 12.1 Å². The number of aliphatic hydroxyl groups excluding tert-OH is 1. The molecule has 3 rings (SSSR count). The Balaban J connectivity index is 1.56. The molecule has 0 aliphatic carbocycles. The highest BCUT2D eigenvalue weighted by atomic mass is 16.5. The van der Waals surface area contributed by atoms with Gasteiger partial charge in [0, 0.05) is 37.7 Å². The van der Waals surface area contributed by atoms with Crippen molar-refractivity contribution in [2.45, 2.75) is 51.9 Å². The lowest BCUT2D eigenvalue weighted by Crippen LogP contribution is -2.48. The van der Waals surface area contributed by atoms with E-state index in [1.807, 2.05) is 49.1 Å². The smallest absolute Gasteiger partial charge is 0.237 e. The first-order valence-electron chi connectivity index (χ1n) is 9.81. The summed E-state index contributed by atoms with van der Waals surface area (Å²) >= 11 is 0. The Labute approximate surface area is 170 Å². The quantitative estimate of drug-likeness (QED) is 0.645. The third-order valence-corrected chi connectivity index (χ3v) is 4.99. The Morgan fingerprint density at radius 2 is 2.07 bits per heavy atom. The molecule has 156 valence electrons. The van der Waals surface area contributed by atoms with Gasteiger partial charge in [-0.3, -0.25) is 14.5 Å². The van der Waals surface area contributed by atoms with Crippen molar-refractivity contribution >= 4 is 11.8 Å². The molecule has 0 unspecified atom stereocenters. The van der Waals surface area contributed by atoms with E-state index in [4.69, 9.17) is 4.52 Å². The van der Waals surface area contributed by atoms with Gasteiger partial charge in [-0.25, -0.2) is 0 Å². The van der Waals surface area contributed by atoms with Crippen molar-refractivity contribution in [3.63, 3.8) is 0 Å². The van der Waals surface area contributed by atoms with Crippen LogP contribution in [-0.4, -0.2) is 58.3 Å². The summed E-state index contributed by atoms with van der Waals surface area (Å²) in [6.07, 6.45) is -0.197. The van der Waals surface area contributed by atoms with Crippen molar-refractivity contribution in [2.24, 2.45) is 0 Å². The van der Waals surface area contributed by atoms with Crippen LogP contribution in [0.3, 0.4) is 0 Å². The maximum absolute atomic E-state index is 12.7. The molecule has 0 saturated carbocycles. The van der Waals surface area contributed by atoms with Crippen LogP contribution in [0, 0.1) is 6.92 Å². The van der Waals surface area contributed by atoms with Crippen molar-refractivity contribution in [1.29, 1.82) is 0 Å². The van der Waals surface area contributed by atoms with Crippen LogP contribution in [0.4, 0.5) is 0 Å². The Kier molecular flexibility index (Phi) is 6.66. The fourth-order valence-electron chi connectivity index (χ4n) is 3.65. The first-order valence-corrected chi connectivity index (χ1v) is 9.81. The lowest BCUT2D eigenvalue weighted by molar-refractivity contribution is -0.125. The summed E-state index contributed by atoms with van der Waals surface area (Å²) in [6, 6.07) is 9.22. The Morgan fingerprint density at radius 3 is 2.76 bits per heavy atom. The lowest BCUT2D eigenvalue weighted by Gasteiger charge is -2.26. The third-order valence-electron chi connectivity index (χ3n) is 4.99. The summed E-state index contributed by atoms with van der Waals surface area (Å²) in [5.74, 6) is 0.267. The molecule has 1 saturated heterocycles. The first-order chi connectivity index (χ1) is 13.8. The van der Waals surface area contributed by atoms with Gasteiger partial charge in [0.25, 0.3) is 0 Å². The number of amides is 2. The number of rotatable bonds is 7. The molecule has 3 atom stereocenters. The molecule has 0 spiro atoms. The number of carbonyl (C=O) groups excluding carboxylic acids is 2. The standard InChI is InChI=1S/C21H28N4O4/c1-13-4-6-16(7-5-13)19-9-18(29-24-19)10-22-21(28)20-8-17(27)12-25(20)11-14(2)23-15(3)26/h4-7,9,14,17,20,27H,8,10-12H2,1-3H3,(H,22,28)(H,23,26)/t14-,17+,20-/m0/s1. The monoisotopic (exact) mass is 400 g/mol. The van der Waals surface area contributed by atoms with Crippen molar-refractivity contribution < 1.29 is 19.2 Å². The van der Waals surface area contributed by atoms with Crippen LogP contribution in [-0.2, 0) is 16.1 Å². The van der Waals surface area contributed by atoms with Gasteiger partial charge < -0.3 is 20.3 Å². The van der Waals surface area contributed by atoms with E-state index in [1.165, 1.54) is 12.5 Å². The normalized spacial score (nSPS) is 20.4. The summed E-state index contributed by atoms with van der Waals surface area (Å²) in [5, 5.41) is 19.8. The van der Waals surface area contributed by atoms with Crippen molar-refractivity contribution in [1.82, 2.24) is 20.7 Å². The van der Waals surface area contributed by atoms with Crippen LogP contribution in [0.25, 0.3) is 11.3 Å². The number of nitrogens with zero attached hydrogens (tertiary/aromatic N) is 2. The molecular formula is C21H28N4O4. The van der Waals surface area contributed by atoms with E-state index in [2.05, 4.69) is 15.8 Å². The zero-order chi connectivity index (χ0) is 21.0. The second kappa shape index (κ2) is 9.19. The number of benzene rings is 1. The van der Waals surface area contributed by atoms with E-state index in [0.29, 0.717) is 25.3 Å². The first kappa shape index (κ1) is 21.0. The van der Waals surface area contributed by atoms with Gasteiger partial charge in [0.15, 0.2) is 5.76 Å². The molecule has 1 aromatic heterocycles. The fraction of sp³-hybridized carbons (Fsp3) is 0.476. The van der Waals surface area contributed by atoms with Crippen LogP contribution >= 0.6 is 0 Å². The summed E-state index contributed by atoms with van der Waals surface area (Å²) in [5.41, 5.74) is 2.84. The Morgan fingerprint density at radius 1 is 1.34 bits per heavy atom. The molecule has 2 amide bonds. The number of aryl methyl sites for hydroxylation is 1. The number of hydrogen-bond acceptors (Lipinski definition) is 6. The van der Waals surface area contributed by atoms with Crippen molar-refractivity contribution in [2.75, 3.05) is 13.1 Å². The van der Waals surface area contributed by atoms with Gasteiger partial charge >= 0.3 is 0 Å². The molecule has 1 aliphatic rings. The predicted octanol–water partition coefficient (Wildman–Crippen LogP) is 1.23. The highest BCUT2D eigenvalue weighted by Gasteiger charge is 2.36. The highest BCUT2D eigenvalue weighted by molar-refractivity contribution is 5.82. The molecule has 3 N–H and O–H groups in total. The van der Waals surface area contributed by atoms with E-state index in [9.17, 15) is 14.7 Å². The van der Waals surface area contributed by atoms with E-state index >= 15 is 0 Å². The largest absolute Gasteiger partial charge is 0.392 e. The van der Waals surface area contributed by atoms with Gasteiger partial charge in [-0.1, -0.05) is 35.0 Å². The minimum atomic E-state index is -0.561. The van der Waals surface area contributed by atoms with Gasteiger partial charge in [-0.2, -0.15) is 0 Å². The molecule has 8 heteroatoms. The van der Waals surface area contributed by atoms with Gasteiger partial charge in [-0.05, 0) is 20.3 Å². The Hall–Kier alpha value is -2.71. The SMILES string of the molecule is CC(=O)N[C@@H](C)CN1C[C@H](O)C[C@H]1C(=O)NCc1cc(-c2ccc(C)cc2)no1. The number of carbonyl (C=O) groups is 2. The predicted molar refractivity (Wildman–Crippen MR) is 108 cm³/mol. The molecular weight excluding hydrogens is 372 g/mol. The zero-order valence-electron chi connectivity index (χ0n) is 17.0. The molecule has 0 radical (unpaired) electrons. The number of aliphatic hydroxyl groups is 1. The lowest BCUT2D eigenvalue weighted by atomic mass is 10.1. The number of hydrogen-bond donors (Lipinski definition) is 3. The average Bonchev–Trinajstić information content (AvgIpc) is 3.26. The number of likely N-dealkylation sites (tertiary alicyclic amines) is 1. The third kappa shape index (κ3) is 5.65. The van der Waals surface area contributed by atoms with Crippen LogP contribution in [0.1, 0.15) is 31.6 Å². The van der Waals surface area contributed by atoms with Crippen LogP contribution < -0.4 is 10.6 Å². The van der Waals surface area contributed by atoms with Crippen LogP contribution in [0.15, 0.2) is 34.9 Å². The van der Waals surface area contributed by atoms with Crippen molar-refractivity contribution in [3.8, 4) is 11.3 Å². The minimum Gasteiger partial charge on any atom is -0.392 e. The number of β-amino-alcohol motifs (C(OH)–C–C–N with tert-alkyl or cyclic N) is 1. The summed E-state index contributed by atoms with van der Waals surface area (Å²) in [6.45, 7) is 6.48. The maximum atomic E-state index is 12.7. The number of nitrogens with one attached hydrogen (secondary N) is 2. The molecule has 29 heavy (non-hydrogen) atoms. The Bertz CT molecular complexity index is 849. The molecule has 8 nitrogen and oxygen atoms in total. The van der Waals surface area contributed by atoms with Gasteiger partial charge in [-0.15, -0.1) is 0 Å². The topological polar surface area (TPSA) is 108 Å². The summed E-state index contributed by atoms with van der Waals surface area (Å²) < 4.78 is 5.34. The second-order valence-electron chi connectivity index (χ2n) is 7.72. The van der Waals surface area contributed by atoms with E-state index in [-0.39, 0.29) is 24.4 Å². The molecule has 2 aromatic rings. The van der Waals surface area contributed by atoms with Crippen LogP contribution in [0.2, 0.25) is 0 Å². The van der Waals surface area contributed by atoms with Crippen LogP contribution in [0.5, 0.6) is 0 Å².